The SMILES string of the molecule is NCc1cc2ccccc2n(CC2CCOC2)c1=O. The Morgan fingerprint density at radius 1 is 1.37 bits per heavy atom. The molecule has 1 aromatic heterocycles. The molecular weight excluding hydrogens is 240 g/mol. The lowest BCUT2D eigenvalue weighted by Crippen LogP contribution is -2.28. The second kappa shape index (κ2) is 5.15. The number of ether oxygens (including phenoxy) is 1. The fraction of sp³-hybridized carbons (Fsp3) is 0.400. The molecule has 1 atom stereocenters. The molecule has 3 rings (SSSR count). The van der Waals surface area contributed by atoms with Gasteiger partial charge in [-0.25, -0.2) is 0 Å². The minimum absolute atomic E-state index is 0.0353. The van der Waals surface area contributed by atoms with Crippen LogP contribution in [0.2, 0.25) is 0 Å². The second-order valence-electron chi connectivity index (χ2n) is 5.08. The summed E-state index contributed by atoms with van der Waals surface area (Å²) < 4.78 is 7.26. The van der Waals surface area contributed by atoms with Crippen molar-refractivity contribution < 1.29 is 4.74 Å². The number of pyridine rings is 1. The number of rotatable bonds is 3. The molecule has 1 aliphatic rings. The highest BCUT2D eigenvalue weighted by Gasteiger charge is 2.18. The van der Waals surface area contributed by atoms with Gasteiger partial charge in [-0.15, -0.1) is 0 Å². The highest BCUT2D eigenvalue weighted by Crippen LogP contribution is 2.18. The van der Waals surface area contributed by atoms with Crippen molar-refractivity contribution in [2.45, 2.75) is 19.5 Å². The summed E-state index contributed by atoms with van der Waals surface area (Å²) in [7, 11) is 0. The maximum absolute atomic E-state index is 12.4. The van der Waals surface area contributed by atoms with E-state index in [-0.39, 0.29) is 12.1 Å². The Hall–Kier alpha value is -1.65. The van der Waals surface area contributed by atoms with Crippen LogP contribution in [0.4, 0.5) is 0 Å². The van der Waals surface area contributed by atoms with Crippen molar-refractivity contribution in [3.05, 3.63) is 46.2 Å². The van der Waals surface area contributed by atoms with Gasteiger partial charge in [-0.2, -0.15) is 0 Å². The van der Waals surface area contributed by atoms with Crippen molar-refractivity contribution >= 4 is 10.9 Å². The average molecular weight is 258 g/mol. The van der Waals surface area contributed by atoms with Crippen LogP contribution >= 0.6 is 0 Å². The summed E-state index contributed by atoms with van der Waals surface area (Å²) in [5, 5.41) is 1.07. The summed E-state index contributed by atoms with van der Waals surface area (Å²) >= 11 is 0. The monoisotopic (exact) mass is 258 g/mol. The van der Waals surface area contributed by atoms with Crippen LogP contribution in [-0.4, -0.2) is 17.8 Å². The van der Waals surface area contributed by atoms with E-state index in [9.17, 15) is 4.79 Å². The van der Waals surface area contributed by atoms with E-state index in [0.717, 1.165) is 30.5 Å². The number of fused-ring (bicyclic) bond motifs is 1. The van der Waals surface area contributed by atoms with Crippen molar-refractivity contribution in [3.8, 4) is 0 Å². The van der Waals surface area contributed by atoms with E-state index in [1.807, 2.05) is 34.9 Å². The highest BCUT2D eigenvalue weighted by molar-refractivity contribution is 5.79. The van der Waals surface area contributed by atoms with Crippen molar-refractivity contribution in [1.29, 1.82) is 0 Å². The lowest BCUT2D eigenvalue weighted by atomic mass is 10.1. The molecule has 0 bridgehead atoms. The maximum Gasteiger partial charge on any atom is 0.255 e. The first-order chi connectivity index (χ1) is 9.29. The number of nitrogens with zero attached hydrogens (tertiary/aromatic N) is 1. The van der Waals surface area contributed by atoms with E-state index >= 15 is 0 Å². The van der Waals surface area contributed by atoms with Crippen molar-refractivity contribution in [2.75, 3.05) is 13.2 Å². The third-order valence-corrected chi connectivity index (χ3v) is 3.76. The fourth-order valence-electron chi connectivity index (χ4n) is 2.70. The Bertz CT molecular complexity index is 642. The summed E-state index contributed by atoms with van der Waals surface area (Å²) in [6, 6.07) is 9.86. The summed E-state index contributed by atoms with van der Waals surface area (Å²) in [4.78, 5) is 12.4. The molecule has 0 spiro atoms. The van der Waals surface area contributed by atoms with Crippen LogP contribution in [0.15, 0.2) is 35.1 Å². The molecule has 2 N–H and O–H groups in total. The van der Waals surface area contributed by atoms with Gasteiger partial charge in [0.15, 0.2) is 0 Å². The minimum Gasteiger partial charge on any atom is -0.381 e. The summed E-state index contributed by atoms with van der Waals surface area (Å²) in [5.41, 5.74) is 7.38. The molecule has 1 unspecified atom stereocenters. The van der Waals surface area contributed by atoms with Crippen molar-refractivity contribution in [2.24, 2.45) is 11.7 Å². The van der Waals surface area contributed by atoms with Gasteiger partial charge >= 0.3 is 0 Å². The van der Waals surface area contributed by atoms with Crippen molar-refractivity contribution in [1.82, 2.24) is 4.57 Å². The summed E-state index contributed by atoms with van der Waals surface area (Å²) in [5.74, 6) is 0.425. The van der Waals surface area contributed by atoms with Gasteiger partial charge in [-0.3, -0.25) is 4.79 Å². The molecule has 1 aliphatic heterocycles. The molecule has 1 saturated heterocycles. The Morgan fingerprint density at radius 2 is 2.21 bits per heavy atom. The number of hydrogen-bond acceptors (Lipinski definition) is 3. The number of benzene rings is 1. The fourth-order valence-corrected chi connectivity index (χ4v) is 2.70. The predicted octanol–water partition coefficient (Wildman–Crippen LogP) is 1.50. The molecule has 0 radical (unpaired) electrons. The number of nitrogens with two attached hydrogens (primary N) is 1. The Kier molecular flexibility index (Phi) is 3.36. The van der Waals surface area contributed by atoms with E-state index in [1.165, 1.54) is 0 Å². The predicted molar refractivity (Wildman–Crippen MR) is 75.0 cm³/mol. The summed E-state index contributed by atoms with van der Waals surface area (Å²) in [6.07, 6.45) is 1.02. The molecule has 2 heterocycles. The van der Waals surface area contributed by atoms with E-state index in [4.69, 9.17) is 10.5 Å². The normalized spacial score (nSPS) is 19.1. The Morgan fingerprint density at radius 3 is 2.95 bits per heavy atom. The molecule has 1 aromatic carbocycles. The van der Waals surface area contributed by atoms with Crippen LogP contribution in [-0.2, 0) is 17.8 Å². The van der Waals surface area contributed by atoms with Crippen LogP contribution in [0.1, 0.15) is 12.0 Å². The van der Waals surface area contributed by atoms with Gasteiger partial charge in [0.25, 0.3) is 5.56 Å². The first-order valence-electron chi connectivity index (χ1n) is 6.69. The van der Waals surface area contributed by atoms with Crippen molar-refractivity contribution in [3.63, 3.8) is 0 Å². The largest absolute Gasteiger partial charge is 0.381 e. The molecule has 2 aromatic rings. The van der Waals surface area contributed by atoms with Gasteiger partial charge in [0, 0.05) is 31.2 Å². The standard InChI is InChI=1S/C15H18N2O2/c16-8-13-7-12-3-1-2-4-14(12)17(15(13)18)9-11-5-6-19-10-11/h1-4,7,11H,5-6,8-10,16H2. The molecule has 0 amide bonds. The van der Waals surface area contributed by atoms with Crippen LogP contribution in [0, 0.1) is 5.92 Å². The van der Waals surface area contributed by atoms with Gasteiger partial charge < -0.3 is 15.0 Å². The molecule has 4 nitrogen and oxygen atoms in total. The van der Waals surface area contributed by atoms with Gasteiger partial charge in [0.05, 0.1) is 12.1 Å². The topological polar surface area (TPSA) is 57.2 Å². The molecule has 1 fully saturated rings. The zero-order valence-electron chi connectivity index (χ0n) is 10.8. The maximum atomic E-state index is 12.4. The van der Waals surface area contributed by atoms with Gasteiger partial charge in [0.2, 0.25) is 0 Å². The smallest absolute Gasteiger partial charge is 0.255 e. The van der Waals surface area contributed by atoms with E-state index < -0.39 is 0 Å². The quantitative estimate of drug-likeness (QED) is 0.907. The van der Waals surface area contributed by atoms with Crippen LogP contribution in [0.25, 0.3) is 10.9 Å². The summed E-state index contributed by atoms with van der Waals surface area (Å²) in [6.45, 7) is 2.54. The Labute approximate surface area is 111 Å². The zero-order valence-corrected chi connectivity index (χ0v) is 10.8. The number of hydrogen-bond donors (Lipinski definition) is 1. The average Bonchev–Trinajstić information content (AvgIpc) is 2.94. The van der Waals surface area contributed by atoms with E-state index in [1.54, 1.807) is 0 Å². The van der Waals surface area contributed by atoms with Crippen LogP contribution < -0.4 is 11.3 Å². The molecule has 4 heteroatoms. The zero-order chi connectivity index (χ0) is 13.2. The molecule has 0 aliphatic carbocycles. The Balaban J connectivity index is 2.13. The number of para-hydroxylation sites is 1. The van der Waals surface area contributed by atoms with Gasteiger partial charge in [-0.05, 0) is 23.9 Å². The third kappa shape index (κ3) is 2.29. The van der Waals surface area contributed by atoms with E-state index in [0.29, 0.717) is 18.0 Å². The molecule has 19 heavy (non-hydrogen) atoms. The van der Waals surface area contributed by atoms with Crippen LogP contribution in [0.5, 0.6) is 0 Å². The van der Waals surface area contributed by atoms with Gasteiger partial charge in [-0.1, -0.05) is 18.2 Å². The first-order valence-corrected chi connectivity index (χ1v) is 6.69. The molecule has 100 valence electrons. The third-order valence-electron chi connectivity index (χ3n) is 3.76. The van der Waals surface area contributed by atoms with Crippen LogP contribution in [0.3, 0.4) is 0 Å². The second-order valence-corrected chi connectivity index (χ2v) is 5.08. The highest BCUT2D eigenvalue weighted by atomic mass is 16.5. The number of aromatic nitrogens is 1. The minimum atomic E-state index is 0.0353. The van der Waals surface area contributed by atoms with E-state index in [2.05, 4.69) is 0 Å². The molecule has 0 saturated carbocycles. The lowest BCUT2D eigenvalue weighted by molar-refractivity contribution is 0.182. The lowest BCUT2D eigenvalue weighted by Gasteiger charge is -2.15. The van der Waals surface area contributed by atoms with Gasteiger partial charge in [0.1, 0.15) is 0 Å². The molecular formula is C15H18N2O2. The first kappa shape index (κ1) is 12.4.